The van der Waals surface area contributed by atoms with Gasteiger partial charge in [-0.15, -0.1) is 0 Å². The lowest BCUT2D eigenvalue weighted by Crippen LogP contribution is -2.28. The molecule has 14 heavy (non-hydrogen) atoms. The Balaban J connectivity index is 1.95. The van der Waals surface area contributed by atoms with E-state index in [1.165, 1.54) is 18.6 Å². The van der Waals surface area contributed by atoms with Gasteiger partial charge >= 0.3 is 0 Å². The predicted molar refractivity (Wildman–Crippen MR) is 64.7 cm³/mol. The predicted octanol–water partition coefficient (Wildman–Crippen LogP) is 3.32. The molecule has 1 aliphatic rings. The molecule has 0 aromatic rings. The van der Waals surface area contributed by atoms with Crippen LogP contribution in [0.1, 0.15) is 33.1 Å². The fourth-order valence-corrected chi connectivity index (χ4v) is 2.95. The maximum Gasteiger partial charge on any atom is 0.157 e. The van der Waals surface area contributed by atoms with Crippen molar-refractivity contribution in [2.24, 2.45) is 0 Å². The molecule has 1 aliphatic heterocycles. The zero-order valence-corrected chi connectivity index (χ0v) is 10.7. The van der Waals surface area contributed by atoms with E-state index in [0.29, 0.717) is 6.10 Å². The zero-order chi connectivity index (χ0) is 10.2. The Morgan fingerprint density at radius 3 is 2.93 bits per heavy atom. The van der Waals surface area contributed by atoms with E-state index < -0.39 is 0 Å². The zero-order valence-electron chi connectivity index (χ0n) is 9.03. The molecule has 1 heterocycles. The topological polar surface area (TPSA) is 18.5 Å². The summed E-state index contributed by atoms with van der Waals surface area (Å²) >= 11 is 0. The van der Waals surface area contributed by atoms with E-state index in [0.717, 1.165) is 18.8 Å². The van der Waals surface area contributed by atoms with Crippen LogP contribution < -0.4 is 0 Å². The van der Waals surface area contributed by atoms with Gasteiger partial charge in [0.25, 0.3) is 0 Å². The Morgan fingerprint density at radius 2 is 2.21 bits per heavy atom. The maximum absolute atomic E-state index is 5.65. The molecule has 0 aromatic heterocycles. The average molecular weight is 236 g/mol. The van der Waals surface area contributed by atoms with Crippen LogP contribution in [0.15, 0.2) is 0 Å². The van der Waals surface area contributed by atoms with Crippen LogP contribution in [0.3, 0.4) is 0 Å². The van der Waals surface area contributed by atoms with Gasteiger partial charge in [-0.1, -0.05) is 28.5 Å². The first-order valence-electron chi connectivity index (χ1n) is 5.34. The van der Waals surface area contributed by atoms with Gasteiger partial charge in [0, 0.05) is 11.5 Å². The van der Waals surface area contributed by atoms with Gasteiger partial charge in [0.05, 0.1) is 12.7 Å². The van der Waals surface area contributed by atoms with Crippen molar-refractivity contribution < 1.29 is 9.47 Å². The van der Waals surface area contributed by atoms with Crippen LogP contribution in [0, 0.1) is 0 Å². The smallest absolute Gasteiger partial charge is 0.157 e. The third-order valence-electron chi connectivity index (χ3n) is 2.11. The molecule has 4 heteroatoms. The highest BCUT2D eigenvalue weighted by Gasteiger charge is 2.18. The summed E-state index contributed by atoms with van der Waals surface area (Å²) < 4.78 is 11.3. The van der Waals surface area contributed by atoms with Gasteiger partial charge in [-0.05, 0) is 26.2 Å². The number of hydrogen-bond acceptors (Lipinski definition) is 4. The summed E-state index contributed by atoms with van der Waals surface area (Å²) in [6, 6.07) is 0. The highest BCUT2D eigenvalue weighted by Crippen LogP contribution is 2.22. The average Bonchev–Trinajstić information content (AvgIpc) is 2.18. The fourth-order valence-electron chi connectivity index (χ4n) is 1.45. The van der Waals surface area contributed by atoms with Crippen molar-refractivity contribution >= 4 is 21.6 Å². The number of rotatable bonds is 6. The SMILES string of the molecule is CCSSCCOC1CCCC(C)O1. The molecule has 0 aromatic carbocycles. The highest BCUT2D eigenvalue weighted by atomic mass is 33.1. The van der Waals surface area contributed by atoms with Crippen molar-refractivity contribution in [1.29, 1.82) is 0 Å². The molecule has 0 radical (unpaired) electrons. The normalized spacial score (nSPS) is 27.9. The number of ether oxygens (including phenoxy) is 2. The molecular formula is C10H20O2S2. The van der Waals surface area contributed by atoms with E-state index in [1.54, 1.807) is 0 Å². The molecule has 1 fully saturated rings. The van der Waals surface area contributed by atoms with Crippen LogP contribution in [0.25, 0.3) is 0 Å². The van der Waals surface area contributed by atoms with E-state index >= 15 is 0 Å². The van der Waals surface area contributed by atoms with Gasteiger partial charge in [0.2, 0.25) is 0 Å². The van der Waals surface area contributed by atoms with Crippen LogP contribution in [-0.4, -0.2) is 30.5 Å². The second-order valence-electron chi connectivity index (χ2n) is 3.41. The first-order valence-corrected chi connectivity index (χ1v) is 7.83. The van der Waals surface area contributed by atoms with Gasteiger partial charge in [-0.25, -0.2) is 0 Å². The third-order valence-corrected chi connectivity index (χ3v) is 4.55. The third kappa shape index (κ3) is 5.49. The molecule has 0 aliphatic carbocycles. The Bertz CT molecular complexity index is 144. The summed E-state index contributed by atoms with van der Waals surface area (Å²) in [5, 5.41) is 0. The Hall–Kier alpha value is 0.620. The van der Waals surface area contributed by atoms with Crippen molar-refractivity contribution in [2.75, 3.05) is 18.1 Å². The van der Waals surface area contributed by atoms with Crippen molar-refractivity contribution in [1.82, 2.24) is 0 Å². The summed E-state index contributed by atoms with van der Waals surface area (Å²) in [7, 11) is 3.77. The standard InChI is InChI=1S/C10H20O2S2/c1-3-13-14-8-7-11-10-6-4-5-9(2)12-10/h9-10H,3-8H2,1-2H3. The summed E-state index contributed by atoms with van der Waals surface area (Å²) in [6.07, 6.45) is 3.93. The number of hydrogen-bond donors (Lipinski definition) is 0. The molecule has 0 bridgehead atoms. The minimum absolute atomic E-state index is 0.0611. The van der Waals surface area contributed by atoms with E-state index in [9.17, 15) is 0 Å². The Kier molecular flexibility index (Phi) is 7.12. The molecule has 0 N–H and O–H groups in total. The summed E-state index contributed by atoms with van der Waals surface area (Å²) in [5.74, 6) is 2.23. The first-order chi connectivity index (χ1) is 6.83. The van der Waals surface area contributed by atoms with Gasteiger partial charge in [-0.2, -0.15) is 0 Å². The fraction of sp³-hybridized carbons (Fsp3) is 1.00. The first kappa shape index (κ1) is 12.7. The molecule has 1 saturated heterocycles. The summed E-state index contributed by atoms with van der Waals surface area (Å²) in [6.45, 7) is 5.11. The van der Waals surface area contributed by atoms with Crippen LogP contribution >= 0.6 is 21.6 Å². The molecule has 2 atom stereocenters. The largest absolute Gasteiger partial charge is 0.352 e. The molecule has 0 amide bonds. The molecule has 1 rings (SSSR count). The maximum atomic E-state index is 5.65. The van der Waals surface area contributed by atoms with E-state index in [1.807, 2.05) is 21.6 Å². The molecular weight excluding hydrogens is 216 g/mol. The lowest BCUT2D eigenvalue weighted by atomic mass is 10.1. The van der Waals surface area contributed by atoms with Crippen LogP contribution in [-0.2, 0) is 9.47 Å². The van der Waals surface area contributed by atoms with E-state index in [-0.39, 0.29) is 6.29 Å². The quantitative estimate of drug-likeness (QED) is 0.520. The van der Waals surface area contributed by atoms with Crippen LogP contribution in [0.4, 0.5) is 0 Å². The Morgan fingerprint density at radius 1 is 1.36 bits per heavy atom. The van der Waals surface area contributed by atoms with Crippen molar-refractivity contribution in [2.45, 2.75) is 45.5 Å². The summed E-state index contributed by atoms with van der Waals surface area (Å²) in [5.41, 5.74) is 0. The van der Waals surface area contributed by atoms with E-state index in [4.69, 9.17) is 9.47 Å². The molecule has 2 nitrogen and oxygen atoms in total. The highest BCUT2D eigenvalue weighted by molar-refractivity contribution is 8.76. The monoisotopic (exact) mass is 236 g/mol. The molecule has 0 spiro atoms. The van der Waals surface area contributed by atoms with Gasteiger partial charge in [-0.3, -0.25) is 0 Å². The molecule has 84 valence electrons. The van der Waals surface area contributed by atoms with Gasteiger partial charge in [0.1, 0.15) is 0 Å². The minimum Gasteiger partial charge on any atom is -0.352 e. The molecule has 2 unspecified atom stereocenters. The van der Waals surface area contributed by atoms with Crippen LogP contribution in [0.2, 0.25) is 0 Å². The lowest BCUT2D eigenvalue weighted by molar-refractivity contribution is -0.185. The van der Waals surface area contributed by atoms with Crippen molar-refractivity contribution in [3.05, 3.63) is 0 Å². The second kappa shape index (κ2) is 7.85. The van der Waals surface area contributed by atoms with E-state index in [2.05, 4.69) is 13.8 Å². The summed E-state index contributed by atoms with van der Waals surface area (Å²) in [4.78, 5) is 0. The van der Waals surface area contributed by atoms with Crippen molar-refractivity contribution in [3.63, 3.8) is 0 Å². The lowest BCUT2D eigenvalue weighted by Gasteiger charge is -2.27. The van der Waals surface area contributed by atoms with Gasteiger partial charge < -0.3 is 9.47 Å². The molecule has 0 saturated carbocycles. The van der Waals surface area contributed by atoms with Gasteiger partial charge in [0.15, 0.2) is 6.29 Å². The second-order valence-corrected chi connectivity index (χ2v) is 6.28. The van der Waals surface area contributed by atoms with Crippen molar-refractivity contribution in [3.8, 4) is 0 Å². The van der Waals surface area contributed by atoms with Crippen LogP contribution in [0.5, 0.6) is 0 Å². The minimum atomic E-state index is 0.0611. The Labute approximate surface area is 94.9 Å².